The van der Waals surface area contributed by atoms with E-state index < -0.39 is 12.1 Å². The van der Waals surface area contributed by atoms with Crippen molar-refractivity contribution in [3.05, 3.63) is 36.5 Å². The van der Waals surface area contributed by atoms with Crippen LogP contribution in [0.15, 0.2) is 36.5 Å². The Hall–Kier alpha value is -1.92. The summed E-state index contributed by atoms with van der Waals surface area (Å²) in [5.74, 6) is -0.152. The lowest BCUT2D eigenvalue weighted by Crippen LogP contribution is -2.45. The fraction of sp³-hybridized carbons (Fsp3) is 0.860. The minimum absolute atomic E-state index is 0.0493. The zero-order valence-electron chi connectivity index (χ0n) is 42.1. The third-order valence-corrected chi connectivity index (χ3v) is 12.6. The highest BCUT2D eigenvalue weighted by atomic mass is 16.5. The van der Waals surface area contributed by atoms with Gasteiger partial charge < -0.3 is 20.3 Å². The van der Waals surface area contributed by atoms with Crippen LogP contribution in [0.2, 0.25) is 0 Å². The molecule has 6 nitrogen and oxygen atoms in total. The van der Waals surface area contributed by atoms with Crippen LogP contribution in [-0.2, 0) is 14.3 Å². The molecule has 63 heavy (non-hydrogen) atoms. The number of hydrogen-bond acceptors (Lipinski definition) is 5. The summed E-state index contributed by atoms with van der Waals surface area (Å²) in [6, 6.07) is -0.655. The van der Waals surface area contributed by atoms with Crippen LogP contribution in [0.4, 0.5) is 0 Å². The Bertz CT molecular complexity index is 1020. The quantitative estimate of drug-likeness (QED) is 0.0321. The number of amides is 1. The predicted octanol–water partition coefficient (Wildman–Crippen LogP) is 16.9. The molecule has 0 aromatic rings. The normalized spacial score (nSPS) is 12.9. The second kappa shape index (κ2) is 52.7. The molecular formula is C57H107NO5. The van der Waals surface area contributed by atoms with E-state index in [4.69, 9.17) is 4.74 Å². The maximum Gasteiger partial charge on any atom is 0.305 e. The molecule has 2 unspecified atom stereocenters. The van der Waals surface area contributed by atoms with Crippen LogP contribution in [0.5, 0.6) is 0 Å². The van der Waals surface area contributed by atoms with Crippen molar-refractivity contribution in [2.75, 3.05) is 13.2 Å². The minimum Gasteiger partial charge on any atom is -0.466 e. The molecule has 0 rings (SSSR count). The lowest BCUT2D eigenvalue weighted by molar-refractivity contribution is -0.143. The van der Waals surface area contributed by atoms with E-state index >= 15 is 0 Å². The molecule has 2 atom stereocenters. The van der Waals surface area contributed by atoms with Crippen molar-refractivity contribution in [3.63, 3.8) is 0 Å². The number of aliphatic hydroxyl groups excluding tert-OH is 2. The third-order valence-electron chi connectivity index (χ3n) is 12.6. The smallest absolute Gasteiger partial charge is 0.305 e. The minimum atomic E-state index is -0.868. The average Bonchev–Trinajstić information content (AvgIpc) is 3.28. The van der Waals surface area contributed by atoms with Crippen molar-refractivity contribution in [2.45, 2.75) is 302 Å². The average molecular weight is 886 g/mol. The number of ether oxygens (including phenoxy) is 1. The van der Waals surface area contributed by atoms with Gasteiger partial charge in [-0.2, -0.15) is 0 Å². The monoisotopic (exact) mass is 886 g/mol. The Morgan fingerprint density at radius 1 is 0.429 bits per heavy atom. The Kier molecular flexibility index (Phi) is 51.1. The van der Waals surface area contributed by atoms with E-state index in [-0.39, 0.29) is 18.5 Å². The Morgan fingerprint density at radius 3 is 1.17 bits per heavy atom. The van der Waals surface area contributed by atoms with E-state index in [0.717, 1.165) is 77.0 Å². The van der Waals surface area contributed by atoms with Crippen molar-refractivity contribution < 1.29 is 24.5 Å². The van der Waals surface area contributed by atoms with Crippen LogP contribution in [0.1, 0.15) is 290 Å². The fourth-order valence-electron chi connectivity index (χ4n) is 8.31. The molecule has 6 heteroatoms. The number of rotatable bonds is 51. The summed E-state index contributed by atoms with van der Waals surface area (Å²) in [6.45, 7) is 4.78. The molecule has 0 radical (unpaired) electrons. The van der Waals surface area contributed by atoms with Gasteiger partial charge in [0, 0.05) is 12.8 Å². The summed E-state index contributed by atoms with van der Waals surface area (Å²) >= 11 is 0. The molecule has 0 aromatic heterocycles. The highest BCUT2D eigenvalue weighted by molar-refractivity contribution is 5.76. The zero-order chi connectivity index (χ0) is 45.8. The molecule has 0 heterocycles. The summed E-state index contributed by atoms with van der Waals surface area (Å²) in [7, 11) is 0. The molecular weight excluding hydrogens is 779 g/mol. The summed E-state index contributed by atoms with van der Waals surface area (Å²) < 4.78 is 5.41. The molecule has 0 aliphatic carbocycles. The van der Waals surface area contributed by atoms with Crippen molar-refractivity contribution in [3.8, 4) is 0 Å². The van der Waals surface area contributed by atoms with Crippen molar-refractivity contribution >= 4 is 11.9 Å². The lowest BCUT2D eigenvalue weighted by atomic mass is 10.0. The topological polar surface area (TPSA) is 95.9 Å². The van der Waals surface area contributed by atoms with Crippen molar-refractivity contribution in [1.29, 1.82) is 0 Å². The van der Waals surface area contributed by atoms with Gasteiger partial charge in [-0.05, 0) is 77.0 Å². The molecule has 0 saturated heterocycles. The van der Waals surface area contributed by atoms with E-state index in [9.17, 15) is 19.8 Å². The van der Waals surface area contributed by atoms with Gasteiger partial charge in [-0.25, -0.2) is 0 Å². The summed E-state index contributed by atoms with van der Waals surface area (Å²) in [4.78, 5) is 24.4. The van der Waals surface area contributed by atoms with Crippen LogP contribution in [0.25, 0.3) is 0 Å². The van der Waals surface area contributed by atoms with Gasteiger partial charge in [-0.1, -0.05) is 237 Å². The molecule has 0 aliphatic heterocycles. The van der Waals surface area contributed by atoms with Gasteiger partial charge in [0.25, 0.3) is 0 Å². The predicted molar refractivity (Wildman–Crippen MR) is 273 cm³/mol. The Morgan fingerprint density at radius 2 is 0.762 bits per heavy atom. The first-order valence-electron chi connectivity index (χ1n) is 27.8. The van der Waals surface area contributed by atoms with E-state index in [1.165, 1.54) is 186 Å². The molecule has 0 aliphatic rings. The standard InChI is InChI=1S/C57H107NO5/c1-3-5-7-9-11-13-15-16-17-18-19-20-21-22-23-24-25-26-27-28-30-33-37-41-45-49-55(60)54(53-59)58-56(61)50-46-42-38-34-31-32-36-40-44-48-52-63-57(62)51-47-43-39-35-29-14-12-10-8-6-4-2/h10,12,32,36,45,49,54-55,59-60H,3-9,11,13-31,33-35,37-44,46-48,50-53H2,1-2H3,(H,58,61)/b12-10-,36-32-,49-45+. The van der Waals surface area contributed by atoms with E-state index in [0.29, 0.717) is 19.4 Å². The van der Waals surface area contributed by atoms with Gasteiger partial charge in [0.1, 0.15) is 0 Å². The molecule has 0 aromatic carbocycles. The van der Waals surface area contributed by atoms with Gasteiger partial charge in [-0.3, -0.25) is 9.59 Å². The summed E-state index contributed by atoms with van der Waals surface area (Å²) in [5.41, 5.74) is 0. The summed E-state index contributed by atoms with van der Waals surface area (Å²) in [6.07, 6.45) is 64.6. The van der Waals surface area contributed by atoms with Gasteiger partial charge in [0.15, 0.2) is 0 Å². The number of esters is 1. The summed E-state index contributed by atoms with van der Waals surface area (Å²) in [5, 5.41) is 23.1. The van der Waals surface area contributed by atoms with E-state index in [2.05, 4.69) is 43.5 Å². The number of hydrogen-bond donors (Lipinski definition) is 3. The van der Waals surface area contributed by atoms with E-state index in [1.54, 1.807) is 6.08 Å². The second-order valence-electron chi connectivity index (χ2n) is 18.9. The SMILES string of the molecule is CCCC/C=C\CCCCCCCC(=O)OCCCC/C=C\CCCCCCC(=O)NC(CO)C(O)/C=C/CCCCCCCCCCCCCCCCCCCCCCCCC. The zero-order valence-corrected chi connectivity index (χ0v) is 42.1. The van der Waals surface area contributed by atoms with E-state index in [1.807, 2.05) is 6.08 Å². The molecule has 0 saturated carbocycles. The number of carbonyl (C=O) groups is 2. The highest BCUT2D eigenvalue weighted by Crippen LogP contribution is 2.16. The first kappa shape index (κ1) is 61.1. The molecule has 370 valence electrons. The third kappa shape index (κ3) is 49.4. The number of nitrogens with one attached hydrogen (secondary N) is 1. The molecule has 0 spiro atoms. The highest BCUT2D eigenvalue weighted by Gasteiger charge is 2.18. The van der Waals surface area contributed by atoms with Gasteiger partial charge in [-0.15, -0.1) is 0 Å². The molecule has 0 fully saturated rings. The van der Waals surface area contributed by atoms with Crippen LogP contribution in [0, 0.1) is 0 Å². The maximum atomic E-state index is 12.5. The van der Waals surface area contributed by atoms with Crippen LogP contribution >= 0.6 is 0 Å². The number of allylic oxidation sites excluding steroid dienone is 5. The first-order chi connectivity index (χ1) is 31.0. The van der Waals surface area contributed by atoms with Gasteiger partial charge >= 0.3 is 5.97 Å². The van der Waals surface area contributed by atoms with Crippen LogP contribution in [-0.4, -0.2) is 47.4 Å². The Labute approximate surface area is 392 Å². The molecule has 3 N–H and O–H groups in total. The maximum absolute atomic E-state index is 12.5. The van der Waals surface area contributed by atoms with Gasteiger partial charge in [0.2, 0.25) is 5.91 Å². The molecule has 0 bridgehead atoms. The number of unbranched alkanes of at least 4 members (excludes halogenated alkanes) is 36. The van der Waals surface area contributed by atoms with Crippen LogP contribution in [0.3, 0.4) is 0 Å². The number of carbonyl (C=O) groups excluding carboxylic acids is 2. The first-order valence-corrected chi connectivity index (χ1v) is 27.8. The molecule has 1 amide bonds. The largest absolute Gasteiger partial charge is 0.466 e. The van der Waals surface area contributed by atoms with Crippen molar-refractivity contribution in [1.82, 2.24) is 5.32 Å². The van der Waals surface area contributed by atoms with Gasteiger partial charge in [0.05, 0.1) is 25.4 Å². The fourth-order valence-corrected chi connectivity index (χ4v) is 8.31. The second-order valence-corrected chi connectivity index (χ2v) is 18.9. The Balaban J connectivity index is 3.55. The van der Waals surface area contributed by atoms with Crippen molar-refractivity contribution in [2.24, 2.45) is 0 Å². The van der Waals surface area contributed by atoms with Crippen LogP contribution < -0.4 is 5.32 Å². The number of aliphatic hydroxyl groups is 2. The lowest BCUT2D eigenvalue weighted by Gasteiger charge is -2.20.